The van der Waals surface area contributed by atoms with Gasteiger partial charge in [-0.15, -0.1) is 0 Å². The molecule has 21 heavy (non-hydrogen) atoms. The van der Waals surface area contributed by atoms with Crippen molar-refractivity contribution < 1.29 is 14.3 Å². The molecule has 0 N–H and O–H groups in total. The van der Waals surface area contributed by atoms with Crippen LogP contribution in [0.4, 0.5) is 0 Å². The molecular formula is C17H17ClO3. The number of carbonyl (C=O) groups excluding carboxylic acids is 1. The molecular weight excluding hydrogens is 288 g/mol. The van der Waals surface area contributed by atoms with Crippen LogP contribution in [0.25, 0.3) is 0 Å². The third-order valence-electron chi connectivity index (χ3n) is 3.34. The van der Waals surface area contributed by atoms with Crippen LogP contribution in [0.2, 0.25) is 5.02 Å². The highest BCUT2D eigenvalue weighted by molar-refractivity contribution is 6.31. The summed E-state index contributed by atoms with van der Waals surface area (Å²) in [6.45, 7) is 1.88. The fraction of sp³-hybridized carbons (Fsp3) is 0.235. The van der Waals surface area contributed by atoms with Crippen LogP contribution in [0, 0.1) is 6.92 Å². The predicted molar refractivity (Wildman–Crippen MR) is 83.8 cm³/mol. The first-order valence-electron chi connectivity index (χ1n) is 6.56. The number of halogens is 1. The van der Waals surface area contributed by atoms with Gasteiger partial charge >= 0.3 is 0 Å². The van der Waals surface area contributed by atoms with Crippen molar-refractivity contribution in [2.24, 2.45) is 0 Å². The molecule has 2 aromatic carbocycles. The number of benzene rings is 2. The second kappa shape index (κ2) is 6.64. The number of rotatable bonds is 5. The Morgan fingerprint density at radius 2 is 1.71 bits per heavy atom. The van der Waals surface area contributed by atoms with Crippen LogP contribution in [0.15, 0.2) is 36.4 Å². The van der Waals surface area contributed by atoms with Crippen molar-refractivity contribution in [3.63, 3.8) is 0 Å². The molecule has 0 saturated heterocycles. The molecule has 2 aromatic rings. The highest BCUT2D eigenvalue weighted by Gasteiger charge is 2.15. The zero-order chi connectivity index (χ0) is 15.4. The highest BCUT2D eigenvalue weighted by Crippen LogP contribution is 2.31. The lowest BCUT2D eigenvalue weighted by Crippen LogP contribution is -2.07. The molecule has 2 rings (SSSR count). The van der Waals surface area contributed by atoms with E-state index in [0.717, 1.165) is 11.1 Å². The van der Waals surface area contributed by atoms with Gasteiger partial charge in [-0.05, 0) is 36.2 Å². The molecule has 0 amide bonds. The van der Waals surface area contributed by atoms with Gasteiger partial charge in [0.15, 0.2) is 17.3 Å². The Morgan fingerprint density at radius 1 is 1.10 bits per heavy atom. The number of Topliss-reactive ketones (excluding diaryl/α,β-unsaturated/α-hetero) is 1. The fourth-order valence-corrected chi connectivity index (χ4v) is 2.39. The second-order valence-corrected chi connectivity index (χ2v) is 5.12. The Bertz CT molecular complexity index is 665. The van der Waals surface area contributed by atoms with Crippen molar-refractivity contribution in [2.45, 2.75) is 13.3 Å². The lowest BCUT2D eigenvalue weighted by atomic mass is 9.98. The fourth-order valence-electron chi connectivity index (χ4n) is 2.19. The molecule has 0 fully saturated rings. The van der Waals surface area contributed by atoms with Crippen molar-refractivity contribution in [1.82, 2.24) is 0 Å². The number of hydrogen-bond donors (Lipinski definition) is 0. The summed E-state index contributed by atoms with van der Waals surface area (Å²) >= 11 is 6.10. The molecule has 3 nitrogen and oxygen atoms in total. The van der Waals surface area contributed by atoms with Crippen LogP contribution in [-0.4, -0.2) is 20.0 Å². The molecule has 0 radical (unpaired) electrons. The quantitative estimate of drug-likeness (QED) is 0.780. The predicted octanol–water partition coefficient (Wildman–Crippen LogP) is 4.09. The van der Waals surface area contributed by atoms with E-state index >= 15 is 0 Å². The summed E-state index contributed by atoms with van der Waals surface area (Å²) in [6.07, 6.45) is 0.260. The Kier molecular flexibility index (Phi) is 4.86. The third kappa shape index (κ3) is 3.37. The van der Waals surface area contributed by atoms with E-state index in [-0.39, 0.29) is 12.2 Å². The summed E-state index contributed by atoms with van der Waals surface area (Å²) in [6, 6.07) is 10.9. The monoisotopic (exact) mass is 304 g/mol. The maximum absolute atomic E-state index is 12.5. The molecule has 0 aromatic heterocycles. The zero-order valence-electron chi connectivity index (χ0n) is 12.3. The van der Waals surface area contributed by atoms with E-state index in [1.54, 1.807) is 32.4 Å². The van der Waals surface area contributed by atoms with Gasteiger partial charge in [-0.25, -0.2) is 0 Å². The van der Waals surface area contributed by atoms with Gasteiger partial charge in [-0.1, -0.05) is 29.8 Å². The molecule has 0 atom stereocenters. The number of methoxy groups -OCH3 is 2. The Morgan fingerprint density at radius 3 is 2.33 bits per heavy atom. The van der Waals surface area contributed by atoms with Crippen molar-refractivity contribution >= 4 is 17.4 Å². The first-order chi connectivity index (χ1) is 10.1. The van der Waals surface area contributed by atoms with E-state index in [9.17, 15) is 4.79 Å². The highest BCUT2D eigenvalue weighted by atomic mass is 35.5. The lowest BCUT2D eigenvalue weighted by Gasteiger charge is -2.12. The summed E-state index contributed by atoms with van der Waals surface area (Å²) in [4.78, 5) is 12.5. The van der Waals surface area contributed by atoms with E-state index in [4.69, 9.17) is 21.1 Å². The maximum atomic E-state index is 12.5. The first-order valence-corrected chi connectivity index (χ1v) is 6.93. The van der Waals surface area contributed by atoms with Gasteiger partial charge in [0.05, 0.1) is 14.2 Å². The molecule has 0 unspecified atom stereocenters. The van der Waals surface area contributed by atoms with Gasteiger partial charge in [0, 0.05) is 17.0 Å². The average molecular weight is 305 g/mol. The second-order valence-electron chi connectivity index (χ2n) is 4.71. The van der Waals surface area contributed by atoms with E-state index in [1.807, 2.05) is 25.1 Å². The van der Waals surface area contributed by atoms with Crippen LogP contribution in [0.5, 0.6) is 11.5 Å². The zero-order valence-corrected chi connectivity index (χ0v) is 13.0. The van der Waals surface area contributed by atoms with Gasteiger partial charge < -0.3 is 9.47 Å². The van der Waals surface area contributed by atoms with Crippen molar-refractivity contribution in [2.75, 3.05) is 14.2 Å². The Labute approximate surface area is 129 Å². The maximum Gasteiger partial charge on any atom is 0.167 e. The summed E-state index contributed by atoms with van der Waals surface area (Å²) in [5, 5.41) is 0.601. The number of ether oxygens (including phenoxy) is 2. The minimum absolute atomic E-state index is 0.00144. The van der Waals surface area contributed by atoms with Crippen molar-refractivity contribution in [3.8, 4) is 11.5 Å². The molecule has 0 spiro atoms. The van der Waals surface area contributed by atoms with Crippen molar-refractivity contribution in [1.29, 1.82) is 0 Å². The first kappa shape index (κ1) is 15.4. The van der Waals surface area contributed by atoms with Gasteiger partial charge in [0.2, 0.25) is 0 Å². The normalized spacial score (nSPS) is 10.3. The SMILES string of the molecule is COc1cc(C)c(C(=O)Cc2ccccc2Cl)cc1OC. The number of aryl methyl sites for hydroxylation is 1. The van der Waals surface area contributed by atoms with E-state index < -0.39 is 0 Å². The molecule has 110 valence electrons. The van der Waals surface area contributed by atoms with E-state index in [1.165, 1.54) is 0 Å². The van der Waals surface area contributed by atoms with Crippen LogP contribution < -0.4 is 9.47 Å². The van der Waals surface area contributed by atoms with Crippen LogP contribution in [0.1, 0.15) is 21.5 Å². The summed E-state index contributed by atoms with van der Waals surface area (Å²) in [7, 11) is 3.12. The lowest BCUT2D eigenvalue weighted by molar-refractivity contribution is 0.0992. The van der Waals surface area contributed by atoms with Gasteiger partial charge in [-0.3, -0.25) is 4.79 Å². The molecule has 0 aliphatic carbocycles. The summed E-state index contributed by atoms with van der Waals surface area (Å²) in [5.74, 6) is 1.16. The number of ketones is 1. The Hall–Kier alpha value is -2.00. The standard InChI is InChI=1S/C17H17ClO3/c1-11-8-16(20-2)17(21-3)10-13(11)15(19)9-12-6-4-5-7-14(12)18/h4-8,10H,9H2,1-3H3. The van der Waals surface area contributed by atoms with Gasteiger partial charge in [-0.2, -0.15) is 0 Å². The van der Waals surface area contributed by atoms with Crippen LogP contribution in [0.3, 0.4) is 0 Å². The number of carbonyl (C=O) groups is 1. The molecule has 0 heterocycles. The summed E-state index contributed by atoms with van der Waals surface area (Å²) in [5.41, 5.74) is 2.29. The molecule has 0 bridgehead atoms. The third-order valence-corrected chi connectivity index (χ3v) is 3.71. The van der Waals surface area contributed by atoms with Gasteiger partial charge in [0.1, 0.15) is 0 Å². The van der Waals surface area contributed by atoms with Crippen molar-refractivity contribution in [3.05, 3.63) is 58.1 Å². The smallest absolute Gasteiger partial charge is 0.167 e. The van der Waals surface area contributed by atoms with Crippen LogP contribution >= 0.6 is 11.6 Å². The van der Waals surface area contributed by atoms with Crippen LogP contribution in [-0.2, 0) is 6.42 Å². The number of hydrogen-bond acceptors (Lipinski definition) is 3. The molecule has 4 heteroatoms. The largest absolute Gasteiger partial charge is 0.493 e. The molecule has 0 saturated carbocycles. The average Bonchev–Trinajstić information content (AvgIpc) is 2.49. The topological polar surface area (TPSA) is 35.5 Å². The minimum Gasteiger partial charge on any atom is -0.493 e. The van der Waals surface area contributed by atoms with E-state index in [2.05, 4.69) is 0 Å². The van der Waals surface area contributed by atoms with Gasteiger partial charge in [0.25, 0.3) is 0 Å². The molecule has 0 aliphatic rings. The molecule has 0 aliphatic heterocycles. The van der Waals surface area contributed by atoms with E-state index in [0.29, 0.717) is 22.1 Å². The minimum atomic E-state index is 0.00144. The summed E-state index contributed by atoms with van der Waals surface area (Å²) < 4.78 is 10.5. The Balaban J connectivity index is 2.33.